The molecular weight excluding hydrogens is 298 g/mol. The third kappa shape index (κ3) is 3.64. The molecule has 2 aromatic rings. The van der Waals surface area contributed by atoms with Gasteiger partial charge in [-0.3, -0.25) is 9.69 Å². The van der Waals surface area contributed by atoms with Gasteiger partial charge in [0.15, 0.2) is 5.78 Å². The van der Waals surface area contributed by atoms with Crippen LogP contribution in [0.15, 0.2) is 48.5 Å². The van der Waals surface area contributed by atoms with E-state index in [1.54, 1.807) is 6.07 Å². The number of hydrogen-bond donors (Lipinski definition) is 0. The normalized spacial score (nSPS) is 15.8. The molecule has 1 aliphatic rings. The van der Waals surface area contributed by atoms with Crippen molar-refractivity contribution in [2.24, 2.45) is 0 Å². The molecule has 0 unspecified atom stereocenters. The van der Waals surface area contributed by atoms with E-state index >= 15 is 0 Å². The Morgan fingerprint density at radius 1 is 1.00 bits per heavy atom. The second kappa shape index (κ2) is 6.90. The van der Waals surface area contributed by atoms with E-state index in [1.165, 1.54) is 0 Å². The van der Waals surface area contributed by atoms with Crippen LogP contribution in [0, 0.1) is 0 Å². The van der Waals surface area contributed by atoms with E-state index in [2.05, 4.69) is 14.8 Å². The molecule has 1 aromatic carbocycles. The molecule has 4 nitrogen and oxygen atoms in total. The highest BCUT2D eigenvalue weighted by molar-refractivity contribution is 6.29. The summed E-state index contributed by atoms with van der Waals surface area (Å²) in [6, 6.07) is 15.1. The maximum atomic E-state index is 12.2. The number of ketones is 1. The summed E-state index contributed by atoms with van der Waals surface area (Å²) in [7, 11) is 0. The second-order valence-corrected chi connectivity index (χ2v) is 5.76. The SMILES string of the molecule is O=C(CN1CCN(c2cccc(Cl)n2)CC1)c1ccccc1. The van der Waals surface area contributed by atoms with Crippen molar-refractivity contribution in [1.29, 1.82) is 0 Å². The lowest BCUT2D eigenvalue weighted by Gasteiger charge is -2.35. The van der Waals surface area contributed by atoms with Crippen molar-refractivity contribution in [3.8, 4) is 0 Å². The molecule has 0 aliphatic carbocycles. The minimum absolute atomic E-state index is 0.176. The largest absolute Gasteiger partial charge is 0.354 e. The number of pyridine rings is 1. The molecule has 0 N–H and O–H groups in total. The lowest BCUT2D eigenvalue weighted by Crippen LogP contribution is -2.48. The first-order valence-electron chi connectivity index (χ1n) is 7.40. The zero-order valence-electron chi connectivity index (χ0n) is 12.3. The Hall–Kier alpha value is -1.91. The van der Waals surface area contributed by atoms with Crippen LogP contribution in [-0.4, -0.2) is 48.4 Å². The van der Waals surface area contributed by atoms with Crippen molar-refractivity contribution < 1.29 is 4.79 Å². The zero-order valence-corrected chi connectivity index (χ0v) is 13.0. The summed E-state index contributed by atoms with van der Waals surface area (Å²) >= 11 is 5.94. The van der Waals surface area contributed by atoms with Gasteiger partial charge in [-0.25, -0.2) is 4.98 Å². The Balaban J connectivity index is 1.55. The predicted octanol–water partition coefficient (Wildman–Crippen LogP) is 2.74. The molecule has 3 rings (SSSR count). The second-order valence-electron chi connectivity index (χ2n) is 5.37. The Morgan fingerprint density at radius 2 is 1.73 bits per heavy atom. The molecule has 2 heterocycles. The van der Waals surface area contributed by atoms with Crippen LogP contribution in [0.1, 0.15) is 10.4 Å². The van der Waals surface area contributed by atoms with Gasteiger partial charge < -0.3 is 4.90 Å². The highest BCUT2D eigenvalue weighted by Crippen LogP contribution is 2.16. The maximum Gasteiger partial charge on any atom is 0.176 e. The van der Waals surface area contributed by atoms with Crippen LogP contribution in [0.3, 0.4) is 0 Å². The number of aromatic nitrogens is 1. The van der Waals surface area contributed by atoms with Gasteiger partial charge in [-0.15, -0.1) is 0 Å². The Morgan fingerprint density at radius 3 is 2.41 bits per heavy atom. The number of anilines is 1. The Labute approximate surface area is 135 Å². The molecule has 0 saturated carbocycles. The van der Waals surface area contributed by atoms with Crippen molar-refractivity contribution in [2.75, 3.05) is 37.6 Å². The van der Waals surface area contributed by atoms with Crippen molar-refractivity contribution in [3.63, 3.8) is 0 Å². The summed E-state index contributed by atoms with van der Waals surface area (Å²) in [4.78, 5) is 21.0. The highest BCUT2D eigenvalue weighted by atomic mass is 35.5. The molecule has 0 bridgehead atoms. The molecular formula is C17H18ClN3O. The lowest BCUT2D eigenvalue weighted by atomic mass is 10.1. The Bertz CT molecular complexity index is 639. The fourth-order valence-corrected chi connectivity index (χ4v) is 2.79. The monoisotopic (exact) mass is 315 g/mol. The molecule has 0 amide bonds. The van der Waals surface area contributed by atoms with Crippen LogP contribution in [0.25, 0.3) is 0 Å². The highest BCUT2D eigenvalue weighted by Gasteiger charge is 2.20. The minimum Gasteiger partial charge on any atom is -0.354 e. The summed E-state index contributed by atoms with van der Waals surface area (Å²) < 4.78 is 0. The Kier molecular flexibility index (Phi) is 4.71. The number of benzene rings is 1. The average Bonchev–Trinajstić information content (AvgIpc) is 2.56. The third-order valence-electron chi connectivity index (χ3n) is 3.86. The van der Waals surface area contributed by atoms with E-state index in [4.69, 9.17) is 11.6 Å². The summed E-state index contributed by atoms with van der Waals surface area (Å²) in [5, 5.41) is 0.513. The fourth-order valence-electron chi connectivity index (χ4n) is 2.63. The molecule has 0 spiro atoms. The summed E-state index contributed by atoms with van der Waals surface area (Å²) in [5.41, 5.74) is 0.779. The number of carbonyl (C=O) groups excluding carboxylic acids is 1. The number of nitrogens with zero attached hydrogens (tertiary/aromatic N) is 3. The quantitative estimate of drug-likeness (QED) is 0.642. The van der Waals surface area contributed by atoms with Gasteiger partial charge in [-0.05, 0) is 12.1 Å². The van der Waals surface area contributed by atoms with Crippen LogP contribution in [-0.2, 0) is 0 Å². The number of piperazine rings is 1. The molecule has 1 fully saturated rings. The topological polar surface area (TPSA) is 36.4 Å². The van der Waals surface area contributed by atoms with Gasteiger partial charge in [-0.1, -0.05) is 48.0 Å². The average molecular weight is 316 g/mol. The molecule has 1 saturated heterocycles. The smallest absolute Gasteiger partial charge is 0.176 e. The number of carbonyl (C=O) groups is 1. The molecule has 0 atom stereocenters. The fraction of sp³-hybridized carbons (Fsp3) is 0.294. The van der Waals surface area contributed by atoms with Crippen LogP contribution >= 0.6 is 11.6 Å². The van der Waals surface area contributed by atoms with E-state index in [-0.39, 0.29) is 5.78 Å². The lowest BCUT2D eigenvalue weighted by molar-refractivity contribution is 0.0926. The van der Waals surface area contributed by atoms with Gasteiger partial charge in [-0.2, -0.15) is 0 Å². The summed E-state index contributed by atoms with van der Waals surface area (Å²) in [6.07, 6.45) is 0. The molecule has 1 aliphatic heterocycles. The molecule has 22 heavy (non-hydrogen) atoms. The van der Waals surface area contributed by atoms with Crippen LogP contribution < -0.4 is 4.90 Å². The van der Waals surface area contributed by atoms with E-state index < -0.39 is 0 Å². The number of rotatable bonds is 4. The first kappa shape index (κ1) is 15.0. The van der Waals surface area contributed by atoms with Crippen molar-refractivity contribution in [3.05, 3.63) is 59.2 Å². The van der Waals surface area contributed by atoms with Crippen molar-refractivity contribution in [2.45, 2.75) is 0 Å². The standard InChI is InChI=1S/C17H18ClN3O/c18-16-7-4-8-17(19-16)21-11-9-20(10-12-21)13-15(22)14-5-2-1-3-6-14/h1-8H,9-13H2. The molecule has 114 valence electrons. The first-order chi connectivity index (χ1) is 10.7. The first-order valence-corrected chi connectivity index (χ1v) is 7.78. The summed E-state index contributed by atoms with van der Waals surface area (Å²) in [5.74, 6) is 1.08. The van der Waals surface area contributed by atoms with E-state index in [0.717, 1.165) is 37.6 Å². The van der Waals surface area contributed by atoms with Crippen molar-refractivity contribution >= 4 is 23.2 Å². The van der Waals surface area contributed by atoms with Crippen LogP contribution in [0.2, 0.25) is 5.15 Å². The van der Waals surface area contributed by atoms with Crippen LogP contribution in [0.4, 0.5) is 5.82 Å². The van der Waals surface area contributed by atoms with E-state index in [9.17, 15) is 4.79 Å². The third-order valence-corrected chi connectivity index (χ3v) is 4.07. The van der Waals surface area contributed by atoms with Gasteiger partial charge in [0.1, 0.15) is 11.0 Å². The predicted molar refractivity (Wildman–Crippen MR) is 88.7 cm³/mol. The van der Waals surface area contributed by atoms with Gasteiger partial charge in [0.25, 0.3) is 0 Å². The molecule has 1 aromatic heterocycles. The minimum atomic E-state index is 0.176. The van der Waals surface area contributed by atoms with Gasteiger partial charge in [0, 0.05) is 31.7 Å². The van der Waals surface area contributed by atoms with Gasteiger partial charge >= 0.3 is 0 Å². The maximum absolute atomic E-state index is 12.2. The number of Topliss-reactive ketones (excluding diaryl/α,β-unsaturated/α-hetero) is 1. The van der Waals surface area contributed by atoms with Crippen LogP contribution in [0.5, 0.6) is 0 Å². The number of halogens is 1. The summed E-state index contributed by atoms with van der Waals surface area (Å²) in [6.45, 7) is 3.89. The van der Waals surface area contributed by atoms with Gasteiger partial charge in [0.2, 0.25) is 0 Å². The number of hydrogen-bond acceptors (Lipinski definition) is 4. The van der Waals surface area contributed by atoms with Crippen molar-refractivity contribution in [1.82, 2.24) is 9.88 Å². The molecule has 5 heteroatoms. The zero-order chi connectivity index (χ0) is 15.4. The van der Waals surface area contributed by atoms with Gasteiger partial charge in [0.05, 0.1) is 6.54 Å². The molecule has 0 radical (unpaired) electrons. The van der Waals surface area contributed by atoms with E-state index in [1.807, 2.05) is 42.5 Å². The van der Waals surface area contributed by atoms with E-state index in [0.29, 0.717) is 11.7 Å².